The topological polar surface area (TPSA) is 105 Å². The smallest absolute Gasteiger partial charge is 0.244 e. The predicted molar refractivity (Wildman–Crippen MR) is 105 cm³/mol. The van der Waals surface area contributed by atoms with Crippen molar-refractivity contribution in [1.82, 2.24) is 9.29 Å². The van der Waals surface area contributed by atoms with Crippen LogP contribution in [0.3, 0.4) is 0 Å². The van der Waals surface area contributed by atoms with Crippen molar-refractivity contribution in [3.05, 3.63) is 54.4 Å². The summed E-state index contributed by atoms with van der Waals surface area (Å²) in [7, 11) is -5.97. The van der Waals surface area contributed by atoms with Gasteiger partial charge in [-0.1, -0.05) is 6.92 Å². The molecule has 1 aromatic heterocycles. The van der Waals surface area contributed by atoms with Crippen LogP contribution in [0.2, 0.25) is 0 Å². The molecule has 150 valence electrons. The van der Waals surface area contributed by atoms with Gasteiger partial charge in [0.25, 0.3) is 0 Å². The lowest BCUT2D eigenvalue weighted by Crippen LogP contribution is -2.31. The Labute approximate surface area is 164 Å². The molecule has 0 bridgehead atoms. The maximum Gasteiger partial charge on any atom is 0.244 e. The maximum absolute atomic E-state index is 12.7. The quantitative estimate of drug-likeness (QED) is 0.693. The van der Waals surface area contributed by atoms with Gasteiger partial charge in [-0.05, 0) is 48.4 Å². The van der Waals surface area contributed by atoms with Gasteiger partial charge in [-0.3, -0.25) is 9.78 Å². The lowest BCUT2D eigenvalue weighted by molar-refractivity contribution is -0.119. The number of sulfonamides is 2. The molecule has 1 aromatic carbocycles. The van der Waals surface area contributed by atoms with E-state index in [1.165, 1.54) is 35.6 Å². The molecule has 8 nitrogen and oxygen atoms in total. The summed E-state index contributed by atoms with van der Waals surface area (Å²) in [6.07, 6.45) is 3.84. The first-order valence-corrected chi connectivity index (χ1v) is 11.7. The Bertz CT molecular complexity index is 1070. The van der Waals surface area contributed by atoms with E-state index in [9.17, 15) is 21.6 Å². The van der Waals surface area contributed by atoms with E-state index in [1.807, 2.05) is 12.1 Å². The summed E-state index contributed by atoms with van der Waals surface area (Å²) in [5.41, 5.74) is 1.12. The van der Waals surface area contributed by atoms with Gasteiger partial charge in [0.15, 0.2) is 0 Å². The molecule has 1 amide bonds. The molecule has 1 saturated heterocycles. The van der Waals surface area contributed by atoms with E-state index in [-0.39, 0.29) is 22.9 Å². The first-order chi connectivity index (χ1) is 13.1. The molecule has 10 heteroatoms. The molecule has 2 heterocycles. The van der Waals surface area contributed by atoms with Crippen LogP contribution in [-0.2, 0) is 31.3 Å². The molecule has 0 unspecified atom stereocenters. The van der Waals surface area contributed by atoms with Gasteiger partial charge in [0.2, 0.25) is 26.0 Å². The number of nitrogens with zero attached hydrogens (tertiary/aromatic N) is 3. The highest BCUT2D eigenvalue weighted by atomic mass is 32.2. The molecule has 1 aliphatic rings. The average molecular weight is 424 g/mol. The molecule has 1 fully saturated rings. The van der Waals surface area contributed by atoms with Crippen LogP contribution >= 0.6 is 0 Å². The van der Waals surface area contributed by atoms with Crippen LogP contribution in [0.1, 0.15) is 12.5 Å². The number of hydrogen-bond donors (Lipinski definition) is 0. The Morgan fingerprint density at radius 3 is 2.29 bits per heavy atom. The van der Waals surface area contributed by atoms with Crippen molar-refractivity contribution in [2.24, 2.45) is 5.92 Å². The van der Waals surface area contributed by atoms with Gasteiger partial charge < -0.3 is 0 Å². The third-order valence-corrected chi connectivity index (χ3v) is 8.34. The van der Waals surface area contributed by atoms with Crippen molar-refractivity contribution >= 4 is 31.6 Å². The Morgan fingerprint density at radius 2 is 1.75 bits per heavy atom. The van der Waals surface area contributed by atoms with Gasteiger partial charge in [-0.15, -0.1) is 0 Å². The summed E-state index contributed by atoms with van der Waals surface area (Å²) in [5, 5.41) is 0. The van der Waals surface area contributed by atoms with Crippen molar-refractivity contribution < 1.29 is 21.6 Å². The molecule has 0 saturated carbocycles. The minimum absolute atomic E-state index is 0.0329. The Balaban J connectivity index is 1.77. The van der Waals surface area contributed by atoms with Crippen LogP contribution in [0, 0.1) is 5.92 Å². The zero-order chi connectivity index (χ0) is 20.5. The molecule has 0 N–H and O–H groups in total. The first-order valence-electron chi connectivity index (χ1n) is 8.65. The second-order valence-corrected chi connectivity index (χ2v) is 10.6. The van der Waals surface area contributed by atoms with Crippen molar-refractivity contribution in [3.63, 3.8) is 0 Å². The van der Waals surface area contributed by atoms with Gasteiger partial charge in [0, 0.05) is 26.0 Å². The minimum atomic E-state index is -3.74. The fraction of sp³-hybridized carbons (Fsp3) is 0.333. The molecular formula is C18H21N3O5S2. The summed E-state index contributed by atoms with van der Waals surface area (Å²) in [4.78, 5) is 16.1. The molecule has 0 aliphatic carbocycles. The number of likely N-dealkylation sites (N-methyl/N-ethyl adjacent to an activating group) is 1. The standard InChI is InChI=1S/C18H21N3O5S2/c1-14-13-27(23,24)21(18(14)22)16-3-5-17(6-4-16)28(25,26)20(2)12-9-15-7-10-19-11-8-15/h3-8,10-11,14H,9,12-13H2,1-2H3/t14-/m1/s1. The Morgan fingerprint density at radius 1 is 1.14 bits per heavy atom. The number of amides is 1. The lowest BCUT2D eigenvalue weighted by Gasteiger charge is -2.19. The summed E-state index contributed by atoms with van der Waals surface area (Å²) >= 11 is 0. The fourth-order valence-electron chi connectivity index (χ4n) is 2.98. The number of carbonyl (C=O) groups is 1. The fourth-order valence-corrected chi connectivity index (χ4v) is 5.97. The van der Waals surface area contributed by atoms with Crippen molar-refractivity contribution in [1.29, 1.82) is 0 Å². The second kappa shape index (κ2) is 7.61. The minimum Gasteiger partial charge on any atom is -0.273 e. The van der Waals surface area contributed by atoms with Gasteiger partial charge in [0.1, 0.15) is 0 Å². The third-order valence-electron chi connectivity index (χ3n) is 4.60. The number of pyridine rings is 1. The average Bonchev–Trinajstić information content (AvgIpc) is 2.87. The number of rotatable bonds is 6. The van der Waals surface area contributed by atoms with E-state index in [2.05, 4.69) is 4.98 Å². The molecule has 2 aromatic rings. The lowest BCUT2D eigenvalue weighted by atomic mass is 10.2. The maximum atomic E-state index is 12.7. The van der Waals surface area contributed by atoms with Crippen molar-refractivity contribution in [2.75, 3.05) is 23.7 Å². The van der Waals surface area contributed by atoms with E-state index < -0.39 is 31.9 Å². The molecular weight excluding hydrogens is 402 g/mol. The van der Waals surface area contributed by atoms with Gasteiger partial charge in [-0.2, -0.15) is 0 Å². The number of aromatic nitrogens is 1. The van der Waals surface area contributed by atoms with E-state index in [1.54, 1.807) is 19.3 Å². The number of benzene rings is 1. The van der Waals surface area contributed by atoms with E-state index in [0.29, 0.717) is 6.42 Å². The van der Waals surface area contributed by atoms with Crippen molar-refractivity contribution in [2.45, 2.75) is 18.2 Å². The Hall–Kier alpha value is -2.30. The largest absolute Gasteiger partial charge is 0.273 e. The van der Waals surface area contributed by atoms with Crippen LogP contribution in [0.15, 0.2) is 53.7 Å². The van der Waals surface area contributed by atoms with Gasteiger partial charge in [-0.25, -0.2) is 25.4 Å². The van der Waals surface area contributed by atoms with Gasteiger partial charge >= 0.3 is 0 Å². The zero-order valence-corrected chi connectivity index (χ0v) is 17.1. The summed E-state index contributed by atoms with van der Waals surface area (Å²) < 4.78 is 51.8. The monoisotopic (exact) mass is 423 g/mol. The van der Waals surface area contributed by atoms with Crippen LogP contribution in [0.25, 0.3) is 0 Å². The molecule has 1 atom stereocenters. The first kappa shape index (κ1) is 20.4. The number of carbonyl (C=O) groups excluding carboxylic acids is 1. The van der Waals surface area contributed by atoms with Crippen molar-refractivity contribution in [3.8, 4) is 0 Å². The van der Waals surface area contributed by atoms with Gasteiger partial charge in [0.05, 0.1) is 22.3 Å². The number of hydrogen-bond acceptors (Lipinski definition) is 6. The predicted octanol–water partition coefficient (Wildman–Crippen LogP) is 1.26. The van der Waals surface area contributed by atoms with E-state index in [0.717, 1.165) is 9.87 Å². The number of anilines is 1. The summed E-state index contributed by atoms with van der Waals surface area (Å²) in [5.74, 6) is -1.37. The second-order valence-electron chi connectivity index (χ2n) is 6.71. The third kappa shape index (κ3) is 3.94. The molecule has 28 heavy (non-hydrogen) atoms. The summed E-state index contributed by atoms with van der Waals surface area (Å²) in [6.45, 7) is 1.83. The molecule has 1 aliphatic heterocycles. The van der Waals surface area contributed by atoms with Crippen LogP contribution in [0.5, 0.6) is 0 Å². The SMILES string of the molecule is C[C@@H]1CS(=O)(=O)N(c2ccc(S(=O)(=O)N(C)CCc3ccncc3)cc2)C1=O. The highest BCUT2D eigenvalue weighted by Crippen LogP contribution is 2.29. The zero-order valence-electron chi connectivity index (χ0n) is 15.5. The van der Waals surface area contributed by atoms with Crippen LogP contribution in [0.4, 0.5) is 5.69 Å². The van der Waals surface area contributed by atoms with E-state index >= 15 is 0 Å². The normalized spacial score (nSPS) is 19.3. The molecule has 0 radical (unpaired) electrons. The summed E-state index contributed by atoms with van der Waals surface area (Å²) in [6, 6.07) is 8.97. The highest BCUT2D eigenvalue weighted by molar-refractivity contribution is 7.94. The van der Waals surface area contributed by atoms with Crippen LogP contribution in [-0.4, -0.2) is 51.4 Å². The van der Waals surface area contributed by atoms with E-state index in [4.69, 9.17) is 0 Å². The van der Waals surface area contributed by atoms with Crippen LogP contribution < -0.4 is 4.31 Å². The Kier molecular flexibility index (Phi) is 5.55. The molecule has 0 spiro atoms. The highest BCUT2D eigenvalue weighted by Gasteiger charge is 2.42. The molecule has 3 rings (SSSR count).